The van der Waals surface area contributed by atoms with Crippen LogP contribution in [0.3, 0.4) is 0 Å². The molecule has 14 heteroatoms. The normalized spacial score (nSPS) is 34.0. The molecule has 0 aromatic heterocycles. The van der Waals surface area contributed by atoms with Gasteiger partial charge in [0.25, 0.3) is 0 Å². The Labute approximate surface area is 297 Å². The van der Waals surface area contributed by atoms with E-state index >= 15 is 0 Å². The van der Waals surface area contributed by atoms with Gasteiger partial charge >= 0.3 is 35.8 Å². The molecule has 1 aromatic carbocycles. The van der Waals surface area contributed by atoms with E-state index in [1.54, 1.807) is 59.7 Å². The molecule has 1 aliphatic heterocycles. The Morgan fingerprint density at radius 2 is 1.37 bits per heavy atom. The maximum atomic E-state index is 14.1. The summed E-state index contributed by atoms with van der Waals surface area (Å²) in [5.41, 5.74) is -8.01. The maximum absolute atomic E-state index is 14.1. The zero-order valence-electron chi connectivity index (χ0n) is 30.9. The summed E-state index contributed by atoms with van der Waals surface area (Å²) in [5.74, 6) is -7.29. The van der Waals surface area contributed by atoms with Gasteiger partial charge in [0.15, 0.2) is 17.8 Å². The minimum atomic E-state index is -2.28. The van der Waals surface area contributed by atoms with Gasteiger partial charge in [-0.1, -0.05) is 45.9 Å². The Hall–Kier alpha value is -4.04. The van der Waals surface area contributed by atoms with E-state index in [-0.39, 0.29) is 5.56 Å². The molecule has 4 rings (SSSR count). The number of esters is 6. The van der Waals surface area contributed by atoms with Crippen LogP contribution in [-0.2, 0) is 57.1 Å². The van der Waals surface area contributed by atoms with Gasteiger partial charge in [-0.25, -0.2) is 4.79 Å². The van der Waals surface area contributed by atoms with Crippen molar-refractivity contribution in [2.75, 3.05) is 6.61 Å². The van der Waals surface area contributed by atoms with E-state index in [0.29, 0.717) is 6.42 Å². The van der Waals surface area contributed by atoms with Crippen LogP contribution in [0.15, 0.2) is 30.3 Å². The van der Waals surface area contributed by atoms with Crippen LogP contribution in [0, 0.1) is 23.2 Å². The number of benzene rings is 1. The minimum Gasteiger partial charge on any atom is -0.464 e. The fraction of sp³-hybridized carbons (Fsp3) is 0.676. The summed E-state index contributed by atoms with van der Waals surface area (Å²) in [4.78, 5) is 79.9. The number of fused-ring (bicyclic) bond motifs is 1. The highest BCUT2D eigenvalue weighted by Gasteiger charge is 2.89. The van der Waals surface area contributed by atoms with Crippen molar-refractivity contribution in [3.63, 3.8) is 0 Å². The molecule has 10 atom stereocenters. The average molecular weight is 719 g/mol. The van der Waals surface area contributed by atoms with Crippen LogP contribution in [0.4, 0.5) is 0 Å². The Kier molecular flexibility index (Phi) is 11.3. The lowest BCUT2D eigenvalue weighted by Gasteiger charge is -2.66. The molecule has 0 amide bonds. The molecule has 1 heterocycles. The third-order valence-electron chi connectivity index (χ3n) is 10.4. The van der Waals surface area contributed by atoms with Crippen LogP contribution in [0.5, 0.6) is 0 Å². The van der Waals surface area contributed by atoms with Crippen LogP contribution in [-0.4, -0.2) is 94.9 Å². The van der Waals surface area contributed by atoms with Gasteiger partial charge in [0.2, 0.25) is 0 Å². The lowest BCUT2D eigenvalue weighted by molar-refractivity contribution is -0.363. The monoisotopic (exact) mass is 718 g/mol. The topological polar surface area (TPSA) is 187 Å². The summed E-state index contributed by atoms with van der Waals surface area (Å²) in [6.45, 7) is 13.8. The van der Waals surface area contributed by atoms with Gasteiger partial charge in [0.05, 0.1) is 34.5 Å². The lowest BCUT2D eigenvalue weighted by atomic mass is 9.45. The summed E-state index contributed by atoms with van der Waals surface area (Å²) < 4.78 is 43.3. The van der Waals surface area contributed by atoms with Crippen LogP contribution >= 0.6 is 0 Å². The average Bonchev–Trinajstić information content (AvgIpc) is 3.23. The van der Waals surface area contributed by atoms with E-state index in [2.05, 4.69) is 0 Å². The predicted octanol–water partition coefficient (Wildman–Crippen LogP) is 3.48. The summed E-state index contributed by atoms with van der Waals surface area (Å²) >= 11 is 0. The molecule has 282 valence electrons. The van der Waals surface area contributed by atoms with Crippen LogP contribution in [0.25, 0.3) is 0 Å². The quantitative estimate of drug-likeness (QED) is 0.259. The molecule has 1 spiro atoms. The van der Waals surface area contributed by atoms with Crippen molar-refractivity contribution >= 4 is 35.8 Å². The second-order valence-corrected chi connectivity index (χ2v) is 14.9. The largest absolute Gasteiger partial charge is 0.464 e. The summed E-state index contributed by atoms with van der Waals surface area (Å²) in [6, 6.07) is 7.88. The number of carbonyl (C=O) groups is 6. The van der Waals surface area contributed by atoms with Crippen molar-refractivity contribution in [1.82, 2.24) is 0 Å². The van der Waals surface area contributed by atoms with E-state index in [4.69, 9.17) is 33.2 Å². The first-order valence-corrected chi connectivity index (χ1v) is 17.2. The Balaban J connectivity index is 2.20. The van der Waals surface area contributed by atoms with Crippen LogP contribution in [0.1, 0.15) is 92.4 Å². The van der Waals surface area contributed by atoms with Crippen molar-refractivity contribution in [2.24, 2.45) is 23.2 Å². The van der Waals surface area contributed by atoms with Crippen molar-refractivity contribution in [1.29, 1.82) is 0 Å². The summed E-state index contributed by atoms with van der Waals surface area (Å²) in [7, 11) is 0. The van der Waals surface area contributed by atoms with Gasteiger partial charge in [0, 0.05) is 27.2 Å². The Morgan fingerprint density at radius 1 is 0.804 bits per heavy atom. The highest BCUT2D eigenvalue weighted by Crippen LogP contribution is 2.69. The zero-order valence-corrected chi connectivity index (χ0v) is 30.9. The molecule has 1 aromatic rings. The predicted molar refractivity (Wildman–Crippen MR) is 176 cm³/mol. The van der Waals surface area contributed by atoms with E-state index in [0.717, 1.165) is 20.8 Å². The molecule has 1 N–H and O–H groups in total. The van der Waals surface area contributed by atoms with Crippen molar-refractivity contribution in [2.45, 2.75) is 129 Å². The molecule has 3 fully saturated rings. The van der Waals surface area contributed by atoms with Gasteiger partial charge in [0.1, 0.15) is 30.3 Å². The molecular formula is C37H50O14. The first kappa shape index (κ1) is 39.7. The van der Waals surface area contributed by atoms with Gasteiger partial charge in [-0.05, 0) is 39.3 Å². The number of carbonyl (C=O) groups excluding carboxylic acids is 6. The molecular weight excluding hydrogens is 668 g/mol. The highest BCUT2D eigenvalue weighted by atomic mass is 16.7. The first-order chi connectivity index (χ1) is 23.7. The molecule has 2 saturated carbocycles. The van der Waals surface area contributed by atoms with Crippen molar-refractivity contribution in [3.8, 4) is 0 Å². The van der Waals surface area contributed by atoms with Crippen molar-refractivity contribution < 1.29 is 67.0 Å². The third-order valence-corrected chi connectivity index (χ3v) is 10.4. The van der Waals surface area contributed by atoms with E-state index < -0.39 is 119 Å². The third kappa shape index (κ3) is 6.96. The smallest absolute Gasteiger partial charge is 0.338 e. The number of rotatable bonds is 11. The van der Waals surface area contributed by atoms with Crippen LogP contribution < -0.4 is 0 Å². The molecule has 0 unspecified atom stereocenters. The van der Waals surface area contributed by atoms with Gasteiger partial charge in [-0.2, -0.15) is 0 Å². The number of aliphatic hydroxyl groups is 1. The number of hydrogen-bond donors (Lipinski definition) is 1. The molecule has 3 aliphatic rings. The van der Waals surface area contributed by atoms with Gasteiger partial charge < -0.3 is 38.3 Å². The minimum absolute atomic E-state index is 0.0880. The highest BCUT2D eigenvalue weighted by molar-refractivity contribution is 5.89. The molecule has 51 heavy (non-hydrogen) atoms. The van der Waals surface area contributed by atoms with Crippen LogP contribution in [0.2, 0.25) is 0 Å². The second-order valence-electron chi connectivity index (χ2n) is 14.9. The van der Waals surface area contributed by atoms with Gasteiger partial charge in [-0.15, -0.1) is 0 Å². The molecule has 14 nitrogen and oxygen atoms in total. The van der Waals surface area contributed by atoms with Crippen molar-refractivity contribution in [3.05, 3.63) is 35.9 Å². The zero-order chi connectivity index (χ0) is 38.3. The summed E-state index contributed by atoms with van der Waals surface area (Å²) in [6.07, 6.45) is -7.99. The molecule has 0 radical (unpaired) electrons. The standard InChI is InChI=1S/C37H50O14/c1-11-20(4)32(42)45-18-36-28(47-22(6)39)25(46-21(5)38)17-35(10,44)37(36)29(48-23(7)40)26(34(8,9)51-37)27(49-31(41)19(2)3)30(36)50-33(43)24-15-13-12-14-16-24/h12-16,19-20,25-30,44H,11,17-18H2,1-10H3/t20-,25+,26-,27+,28+,29+,30+,35-,36-,37+/m1/s1. The second kappa shape index (κ2) is 14.5. The Bertz CT molecular complexity index is 1520. The number of ether oxygens (including phenoxy) is 7. The van der Waals surface area contributed by atoms with E-state index in [1.165, 1.54) is 19.1 Å². The molecule has 2 aliphatic carbocycles. The maximum Gasteiger partial charge on any atom is 0.338 e. The molecule has 1 saturated heterocycles. The van der Waals surface area contributed by atoms with E-state index in [1.807, 2.05) is 0 Å². The molecule has 2 bridgehead atoms. The fourth-order valence-corrected chi connectivity index (χ4v) is 8.17. The Morgan fingerprint density at radius 3 is 1.90 bits per heavy atom. The van der Waals surface area contributed by atoms with Gasteiger partial charge in [-0.3, -0.25) is 24.0 Å². The van der Waals surface area contributed by atoms with E-state index in [9.17, 15) is 33.9 Å². The lowest BCUT2D eigenvalue weighted by Crippen LogP contribution is -2.85. The fourth-order valence-electron chi connectivity index (χ4n) is 8.17. The summed E-state index contributed by atoms with van der Waals surface area (Å²) in [5, 5.41) is 12.8. The SMILES string of the molecule is CC[C@@H](C)C(=O)OC[C@@]12[C@@H](OC(=O)c3ccccc3)[C@@H](OC(=O)C(C)C)[C@@H]3[C@H](OC(C)=O)[C@]1(OC3(C)C)[C@](C)(O)C[C@H](OC(C)=O)[C@@H]2OC(C)=O. The number of hydrogen-bond acceptors (Lipinski definition) is 14. The first-order valence-electron chi connectivity index (χ1n) is 17.2.